The number of aromatic amines is 1. The number of primary amides is 1. The van der Waals surface area contributed by atoms with Crippen molar-refractivity contribution in [1.82, 2.24) is 25.2 Å². The number of hydrogen-bond acceptors (Lipinski definition) is 9. The summed E-state index contributed by atoms with van der Waals surface area (Å²) in [5.74, 6) is -0.828. The SMILES string of the molecule is CNC(=O)c1c(F)cccc1Nc1nc(Nc2cc3c(cc2OC)CCN3C(=O)CN(C)C(=O)CCCCCCCCC(N)=O)nc2[nH]ccc12. The number of rotatable bonds is 17. The molecule has 0 saturated heterocycles. The second kappa shape index (κ2) is 16.8. The number of nitrogens with one attached hydrogen (secondary N) is 4. The van der Waals surface area contributed by atoms with Crippen molar-refractivity contribution in [3.05, 3.63) is 59.5 Å². The van der Waals surface area contributed by atoms with Gasteiger partial charge in [-0.1, -0.05) is 31.7 Å². The number of halogens is 1. The topological polar surface area (TPSA) is 188 Å². The lowest BCUT2D eigenvalue weighted by molar-refractivity contribution is -0.134. The highest BCUT2D eigenvalue weighted by molar-refractivity contribution is 6.02. The van der Waals surface area contributed by atoms with Gasteiger partial charge in [-0.15, -0.1) is 0 Å². The van der Waals surface area contributed by atoms with Crippen LogP contribution in [-0.4, -0.2) is 77.8 Å². The van der Waals surface area contributed by atoms with Crippen LogP contribution in [0.3, 0.4) is 0 Å². The normalized spacial score (nSPS) is 12.0. The second-order valence-electron chi connectivity index (χ2n) is 12.4. The molecule has 14 nitrogen and oxygen atoms in total. The van der Waals surface area contributed by atoms with Crippen LogP contribution in [0.1, 0.15) is 67.3 Å². The standard InChI is InChI=1S/C36H44FN9O5/c1-39-35(50)32-24(37)11-10-12-25(32)41-34-23-15-17-40-33(23)43-36(44-34)42-26-20-27-22(19-28(26)51-3)16-18-46(27)31(49)21-45(2)30(48)14-9-7-5-4-6-8-13-29(38)47/h10-12,15,17,19-20H,4-9,13-14,16,18,21H2,1-3H3,(H2,38,47)(H,39,50)(H3,40,41,42,43,44). The molecule has 0 aliphatic carbocycles. The Bertz CT molecular complexity index is 1910. The van der Waals surface area contributed by atoms with Gasteiger partial charge in [0, 0.05) is 45.4 Å². The van der Waals surface area contributed by atoms with Gasteiger partial charge in [0.1, 0.15) is 23.0 Å². The first-order valence-corrected chi connectivity index (χ1v) is 17.0. The molecule has 0 fully saturated rings. The van der Waals surface area contributed by atoms with Gasteiger partial charge >= 0.3 is 0 Å². The molecule has 2 aromatic carbocycles. The number of H-pyrrole nitrogens is 1. The number of nitrogens with zero attached hydrogens (tertiary/aromatic N) is 4. The van der Waals surface area contributed by atoms with Gasteiger partial charge in [0.25, 0.3) is 5.91 Å². The largest absolute Gasteiger partial charge is 0.495 e. The van der Waals surface area contributed by atoms with Crippen LogP contribution in [0, 0.1) is 5.82 Å². The van der Waals surface area contributed by atoms with Gasteiger partial charge in [-0.05, 0) is 55.2 Å². The van der Waals surface area contributed by atoms with Crippen molar-refractivity contribution in [1.29, 1.82) is 0 Å². The molecule has 270 valence electrons. The number of methoxy groups -OCH3 is 1. The van der Waals surface area contributed by atoms with E-state index in [1.165, 1.54) is 24.1 Å². The number of carbonyl (C=O) groups is 4. The first-order chi connectivity index (χ1) is 24.6. The second-order valence-corrected chi connectivity index (χ2v) is 12.4. The maximum atomic E-state index is 14.7. The summed E-state index contributed by atoms with van der Waals surface area (Å²) in [6, 6.07) is 9.72. The Kier molecular flexibility index (Phi) is 12.0. The molecule has 0 atom stereocenters. The Balaban J connectivity index is 1.27. The smallest absolute Gasteiger partial charge is 0.256 e. The Morgan fingerprint density at radius 2 is 1.75 bits per heavy atom. The molecule has 5 rings (SSSR count). The number of fused-ring (bicyclic) bond motifs is 2. The van der Waals surface area contributed by atoms with Gasteiger partial charge in [0.15, 0.2) is 0 Å². The fraction of sp³-hybridized carbons (Fsp3) is 0.389. The predicted octanol–water partition coefficient (Wildman–Crippen LogP) is 4.91. The Morgan fingerprint density at radius 3 is 2.47 bits per heavy atom. The number of unbranched alkanes of at least 4 members (excludes halogenated alkanes) is 5. The van der Waals surface area contributed by atoms with Gasteiger partial charge in [-0.3, -0.25) is 19.2 Å². The molecule has 1 aliphatic rings. The molecule has 1 aliphatic heterocycles. The monoisotopic (exact) mass is 701 g/mol. The zero-order valence-corrected chi connectivity index (χ0v) is 29.1. The number of aromatic nitrogens is 3. The molecule has 0 saturated carbocycles. The summed E-state index contributed by atoms with van der Waals surface area (Å²) in [4.78, 5) is 65.1. The van der Waals surface area contributed by atoms with Crippen LogP contribution < -0.4 is 31.3 Å². The Labute approximate surface area is 295 Å². The predicted molar refractivity (Wildman–Crippen MR) is 193 cm³/mol. The summed E-state index contributed by atoms with van der Waals surface area (Å²) in [6.45, 7) is 0.402. The van der Waals surface area contributed by atoms with Crippen molar-refractivity contribution in [2.75, 3.05) is 49.8 Å². The average molecular weight is 702 g/mol. The summed E-state index contributed by atoms with van der Waals surface area (Å²) in [6.07, 6.45) is 8.42. The van der Waals surface area contributed by atoms with E-state index in [1.807, 2.05) is 6.07 Å². The third-order valence-electron chi connectivity index (χ3n) is 8.84. The highest BCUT2D eigenvalue weighted by atomic mass is 19.1. The van der Waals surface area contributed by atoms with E-state index >= 15 is 0 Å². The minimum Gasteiger partial charge on any atom is -0.495 e. The van der Waals surface area contributed by atoms with Crippen molar-refractivity contribution >= 4 is 63.5 Å². The highest BCUT2D eigenvalue weighted by Gasteiger charge is 2.28. The van der Waals surface area contributed by atoms with Crippen LogP contribution in [-0.2, 0) is 20.8 Å². The van der Waals surface area contributed by atoms with Crippen molar-refractivity contribution in [3.63, 3.8) is 0 Å². The molecule has 0 spiro atoms. The van der Waals surface area contributed by atoms with Crippen molar-refractivity contribution in [2.45, 2.75) is 57.8 Å². The van der Waals surface area contributed by atoms with Crippen molar-refractivity contribution in [2.24, 2.45) is 5.73 Å². The van der Waals surface area contributed by atoms with E-state index in [-0.39, 0.29) is 41.5 Å². The molecule has 0 bridgehead atoms. The van der Waals surface area contributed by atoms with E-state index in [2.05, 4.69) is 30.9 Å². The van der Waals surface area contributed by atoms with Gasteiger partial charge in [-0.25, -0.2) is 4.39 Å². The van der Waals surface area contributed by atoms with E-state index in [0.29, 0.717) is 59.8 Å². The molecule has 15 heteroatoms. The summed E-state index contributed by atoms with van der Waals surface area (Å²) in [7, 11) is 4.61. The van der Waals surface area contributed by atoms with Gasteiger partial charge in [-0.2, -0.15) is 9.97 Å². The Hall–Kier alpha value is -5.73. The van der Waals surface area contributed by atoms with Crippen LogP contribution in [0.5, 0.6) is 5.75 Å². The fourth-order valence-corrected chi connectivity index (χ4v) is 6.11. The first-order valence-electron chi connectivity index (χ1n) is 17.0. The Morgan fingerprint density at radius 1 is 1.00 bits per heavy atom. The molecule has 0 radical (unpaired) electrons. The lowest BCUT2D eigenvalue weighted by atomic mass is 10.1. The van der Waals surface area contributed by atoms with Crippen LogP contribution in [0.15, 0.2) is 42.6 Å². The van der Waals surface area contributed by atoms with Crippen molar-refractivity contribution in [3.8, 4) is 5.75 Å². The zero-order valence-electron chi connectivity index (χ0n) is 29.1. The molecule has 3 heterocycles. The van der Waals surface area contributed by atoms with Crippen LogP contribution in [0.25, 0.3) is 11.0 Å². The minimum absolute atomic E-state index is 0.0556. The molecule has 0 unspecified atom stereocenters. The zero-order chi connectivity index (χ0) is 36.5. The lowest BCUT2D eigenvalue weighted by Gasteiger charge is -2.23. The average Bonchev–Trinajstić information content (AvgIpc) is 3.76. The highest BCUT2D eigenvalue weighted by Crippen LogP contribution is 2.39. The number of nitrogens with two attached hydrogens (primary N) is 1. The van der Waals surface area contributed by atoms with Crippen LogP contribution >= 0.6 is 0 Å². The number of carbonyl (C=O) groups excluding carboxylic acids is 4. The minimum atomic E-state index is -0.684. The van der Waals surface area contributed by atoms with Crippen LogP contribution in [0.4, 0.5) is 33.2 Å². The third kappa shape index (κ3) is 8.90. The van der Waals surface area contributed by atoms with Gasteiger partial charge < -0.3 is 41.2 Å². The number of anilines is 5. The van der Waals surface area contributed by atoms with Crippen LogP contribution in [0.2, 0.25) is 0 Å². The number of amides is 4. The van der Waals surface area contributed by atoms with Gasteiger partial charge in [0.05, 0.1) is 36.0 Å². The first kappa shape index (κ1) is 36.5. The van der Waals surface area contributed by atoms with E-state index in [1.54, 1.807) is 43.5 Å². The third-order valence-corrected chi connectivity index (χ3v) is 8.84. The molecule has 2 aromatic heterocycles. The van der Waals surface area contributed by atoms with E-state index < -0.39 is 11.7 Å². The van der Waals surface area contributed by atoms with Gasteiger partial charge in [0.2, 0.25) is 23.7 Å². The molecule has 51 heavy (non-hydrogen) atoms. The quantitative estimate of drug-likeness (QED) is 0.0954. The van der Waals surface area contributed by atoms with E-state index in [4.69, 9.17) is 10.5 Å². The molecular weight excluding hydrogens is 657 g/mol. The van der Waals surface area contributed by atoms with E-state index in [9.17, 15) is 23.6 Å². The number of benzene rings is 2. The molecular formula is C36H44FN9O5. The fourth-order valence-electron chi connectivity index (χ4n) is 6.11. The summed E-state index contributed by atoms with van der Waals surface area (Å²) < 4.78 is 20.4. The number of hydrogen-bond donors (Lipinski definition) is 5. The molecule has 4 amide bonds. The number of likely N-dealkylation sites (N-methyl/N-ethyl adjacent to an activating group) is 1. The van der Waals surface area contributed by atoms with E-state index in [0.717, 1.165) is 44.1 Å². The summed E-state index contributed by atoms with van der Waals surface area (Å²) in [5, 5.41) is 9.37. The lowest BCUT2D eigenvalue weighted by Crippen LogP contribution is -2.40. The number of ether oxygens (including phenoxy) is 1. The van der Waals surface area contributed by atoms with Crippen molar-refractivity contribution < 1.29 is 28.3 Å². The maximum absolute atomic E-state index is 14.7. The molecule has 6 N–H and O–H groups in total. The summed E-state index contributed by atoms with van der Waals surface area (Å²) in [5.41, 5.74) is 7.85. The molecule has 4 aromatic rings. The summed E-state index contributed by atoms with van der Waals surface area (Å²) >= 11 is 0. The maximum Gasteiger partial charge on any atom is 0.256 e.